The van der Waals surface area contributed by atoms with Crippen LogP contribution in [0.1, 0.15) is 104 Å². The van der Waals surface area contributed by atoms with Crippen molar-refractivity contribution in [2.75, 3.05) is 7.11 Å². The highest BCUT2D eigenvalue weighted by molar-refractivity contribution is 9.10. The zero-order valence-electron chi connectivity index (χ0n) is 28.7. The van der Waals surface area contributed by atoms with Gasteiger partial charge in [-0.1, -0.05) is 55.4 Å². The summed E-state index contributed by atoms with van der Waals surface area (Å²) in [5.41, 5.74) is 5.29. The molecule has 0 saturated carbocycles. The third kappa shape index (κ3) is 11.1. The fourth-order valence-corrected chi connectivity index (χ4v) is 5.52. The van der Waals surface area contributed by atoms with Crippen molar-refractivity contribution in [3.8, 4) is 34.3 Å². The summed E-state index contributed by atoms with van der Waals surface area (Å²) in [6.45, 7) is 16.7. The molecule has 0 saturated heterocycles. The third-order valence-corrected chi connectivity index (χ3v) is 8.42. The average Bonchev–Trinajstić information content (AvgIpc) is 3.05. The fourth-order valence-electron chi connectivity index (χ4n) is 4.91. The molecule has 0 spiro atoms. The van der Waals surface area contributed by atoms with E-state index in [1.54, 1.807) is 6.07 Å². The van der Waals surface area contributed by atoms with Crippen LogP contribution in [0.15, 0.2) is 34.9 Å². The highest BCUT2D eigenvalue weighted by atomic mass is 79.9. The van der Waals surface area contributed by atoms with Crippen molar-refractivity contribution in [2.24, 2.45) is 0 Å². The van der Waals surface area contributed by atoms with Gasteiger partial charge < -0.3 is 18.9 Å². The molecule has 0 N–H and O–H groups in total. The summed E-state index contributed by atoms with van der Waals surface area (Å²) in [6.07, 6.45) is 2.76. The van der Waals surface area contributed by atoms with Gasteiger partial charge in [0.2, 0.25) is 0 Å². The average molecular weight is 712 g/mol. The van der Waals surface area contributed by atoms with Crippen LogP contribution in [-0.2, 0) is 25.7 Å². The zero-order chi connectivity index (χ0) is 34.4. The Morgan fingerprint density at radius 3 is 1.61 bits per heavy atom. The van der Waals surface area contributed by atoms with E-state index in [4.69, 9.17) is 19.2 Å². The van der Waals surface area contributed by atoms with Gasteiger partial charge in [-0.2, -0.15) is 0 Å². The summed E-state index contributed by atoms with van der Waals surface area (Å²) in [6, 6.07) is 8.16. The number of rotatable bonds is 15. The monoisotopic (exact) mass is 710 g/mol. The number of aryl methyl sites for hydroxylation is 4. The SMILES string of the molecule is CCc1cc(OC(CC)CC)c(CC)nc1-c1ccc(OC(F)(F)F)cc1OC.CCc1cc(OC(CC)CC)c(CC)nc1Br. The van der Waals surface area contributed by atoms with Crippen LogP contribution >= 0.6 is 15.9 Å². The number of ether oxygens (including phenoxy) is 4. The first-order valence-electron chi connectivity index (χ1n) is 16.4. The Labute approximate surface area is 281 Å². The predicted molar refractivity (Wildman–Crippen MR) is 182 cm³/mol. The van der Waals surface area contributed by atoms with Gasteiger partial charge in [-0.05, 0) is 103 Å². The molecular weight excluding hydrogens is 661 g/mol. The number of benzene rings is 1. The molecular formula is C36H50BrF3N2O4. The van der Waals surface area contributed by atoms with Crippen LogP contribution in [0.3, 0.4) is 0 Å². The third-order valence-electron chi connectivity index (χ3n) is 7.73. The topological polar surface area (TPSA) is 62.7 Å². The van der Waals surface area contributed by atoms with Crippen molar-refractivity contribution >= 4 is 15.9 Å². The molecule has 6 nitrogen and oxygen atoms in total. The minimum atomic E-state index is -4.76. The van der Waals surface area contributed by atoms with Crippen LogP contribution in [-0.4, -0.2) is 35.6 Å². The van der Waals surface area contributed by atoms with E-state index in [1.165, 1.54) is 24.8 Å². The number of nitrogens with zero attached hydrogens (tertiary/aromatic N) is 2. The molecule has 0 fully saturated rings. The lowest BCUT2D eigenvalue weighted by Crippen LogP contribution is -2.17. The molecule has 10 heteroatoms. The molecule has 0 aliphatic heterocycles. The number of hydrogen-bond acceptors (Lipinski definition) is 6. The maximum absolute atomic E-state index is 12.5. The molecule has 2 aromatic heterocycles. The fraction of sp³-hybridized carbons (Fsp3) is 0.556. The first-order chi connectivity index (χ1) is 21.9. The lowest BCUT2D eigenvalue weighted by atomic mass is 10.0. The van der Waals surface area contributed by atoms with Gasteiger partial charge >= 0.3 is 6.36 Å². The van der Waals surface area contributed by atoms with Crippen molar-refractivity contribution in [1.82, 2.24) is 9.97 Å². The number of hydrogen-bond donors (Lipinski definition) is 0. The normalized spacial score (nSPS) is 11.4. The van der Waals surface area contributed by atoms with E-state index in [-0.39, 0.29) is 17.6 Å². The molecule has 0 atom stereocenters. The number of aromatic nitrogens is 2. The number of halogens is 4. The minimum absolute atomic E-state index is 0.117. The summed E-state index contributed by atoms with van der Waals surface area (Å²) >= 11 is 3.52. The van der Waals surface area contributed by atoms with Crippen LogP contribution < -0.4 is 18.9 Å². The summed E-state index contributed by atoms with van der Waals surface area (Å²) in [5, 5.41) is 0. The van der Waals surface area contributed by atoms with Gasteiger partial charge in [-0.3, -0.25) is 0 Å². The van der Waals surface area contributed by atoms with Gasteiger partial charge in [0.05, 0.1) is 36.4 Å². The molecule has 0 unspecified atom stereocenters. The molecule has 1 aromatic carbocycles. The van der Waals surface area contributed by atoms with Gasteiger partial charge in [0.15, 0.2) is 0 Å². The molecule has 0 aliphatic rings. The first-order valence-corrected chi connectivity index (χ1v) is 17.2. The second-order valence-corrected chi connectivity index (χ2v) is 11.5. The molecule has 0 radical (unpaired) electrons. The van der Waals surface area contributed by atoms with Crippen LogP contribution in [0.25, 0.3) is 11.3 Å². The van der Waals surface area contributed by atoms with E-state index in [2.05, 4.69) is 73.3 Å². The molecule has 256 valence electrons. The summed E-state index contributed by atoms with van der Waals surface area (Å²) in [4.78, 5) is 9.37. The van der Waals surface area contributed by atoms with E-state index in [0.717, 1.165) is 71.6 Å². The summed E-state index contributed by atoms with van der Waals surface area (Å²) in [5.74, 6) is 1.66. The van der Waals surface area contributed by atoms with E-state index in [0.29, 0.717) is 30.2 Å². The van der Waals surface area contributed by atoms with Gasteiger partial charge in [0.25, 0.3) is 0 Å². The Morgan fingerprint density at radius 1 is 0.674 bits per heavy atom. The van der Waals surface area contributed by atoms with E-state index in [1.807, 2.05) is 19.9 Å². The van der Waals surface area contributed by atoms with Crippen molar-refractivity contribution < 1.29 is 32.1 Å². The first kappa shape index (κ1) is 39.2. The largest absolute Gasteiger partial charge is 0.573 e. The molecule has 2 heterocycles. The Bertz CT molecular complexity index is 1380. The van der Waals surface area contributed by atoms with E-state index in [9.17, 15) is 13.2 Å². The lowest BCUT2D eigenvalue weighted by molar-refractivity contribution is -0.274. The van der Waals surface area contributed by atoms with Gasteiger partial charge in [-0.25, -0.2) is 9.97 Å². The molecule has 3 aromatic rings. The molecule has 46 heavy (non-hydrogen) atoms. The zero-order valence-corrected chi connectivity index (χ0v) is 30.3. The number of alkyl halides is 3. The maximum atomic E-state index is 12.5. The van der Waals surface area contributed by atoms with Gasteiger partial charge in [0, 0.05) is 11.6 Å². The maximum Gasteiger partial charge on any atom is 0.573 e. The standard InChI is InChI=1S/C22H28F3NO3.C14H22BrNO/c1-6-14-12-20(28-15(7-2)8-3)18(9-4)26-21(14)17-11-10-16(13-19(17)27-5)29-22(23,24)25;1-5-10-9-13(17-11(6-2)7-3)12(8-4)16-14(10)15/h10-13,15H,6-9H2,1-5H3;9,11H,5-8H2,1-4H3. The smallest absolute Gasteiger partial charge is 0.496 e. The van der Waals surface area contributed by atoms with Crippen molar-refractivity contribution in [3.05, 3.63) is 57.4 Å². The Morgan fingerprint density at radius 2 is 1.17 bits per heavy atom. The Balaban J connectivity index is 0.000000368. The molecule has 3 rings (SSSR count). The van der Waals surface area contributed by atoms with Crippen LogP contribution in [0, 0.1) is 0 Å². The number of pyridine rings is 2. The summed E-state index contributed by atoms with van der Waals surface area (Å²) < 4.78 is 60.1. The second kappa shape index (κ2) is 19.0. The highest BCUT2D eigenvalue weighted by Gasteiger charge is 2.31. The molecule has 0 bridgehead atoms. The summed E-state index contributed by atoms with van der Waals surface area (Å²) in [7, 11) is 1.41. The van der Waals surface area contributed by atoms with Gasteiger partial charge in [-0.15, -0.1) is 13.2 Å². The molecule has 0 aliphatic carbocycles. The van der Waals surface area contributed by atoms with Crippen LogP contribution in [0.4, 0.5) is 13.2 Å². The second-order valence-electron chi connectivity index (χ2n) is 10.8. The number of methoxy groups -OCH3 is 1. The quantitative estimate of drug-likeness (QED) is 0.146. The van der Waals surface area contributed by atoms with Crippen LogP contribution in [0.2, 0.25) is 0 Å². The van der Waals surface area contributed by atoms with Crippen molar-refractivity contribution in [2.45, 2.75) is 125 Å². The van der Waals surface area contributed by atoms with E-state index >= 15 is 0 Å². The Hall–Kier alpha value is -3.01. The Kier molecular flexibility index (Phi) is 16.2. The van der Waals surface area contributed by atoms with Crippen LogP contribution in [0.5, 0.6) is 23.0 Å². The van der Waals surface area contributed by atoms with Crippen molar-refractivity contribution in [1.29, 1.82) is 0 Å². The predicted octanol–water partition coefficient (Wildman–Crippen LogP) is 10.9. The molecule has 0 amide bonds. The highest BCUT2D eigenvalue weighted by Crippen LogP contribution is 2.38. The van der Waals surface area contributed by atoms with Crippen molar-refractivity contribution in [3.63, 3.8) is 0 Å². The van der Waals surface area contributed by atoms with E-state index < -0.39 is 6.36 Å². The van der Waals surface area contributed by atoms with Gasteiger partial charge in [0.1, 0.15) is 27.6 Å². The minimum Gasteiger partial charge on any atom is -0.496 e. The lowest BCUT2D eigenvalue weighted by Gasteiger charge is -2.21.